The van der Waals surface area contributed by atoms with Gasteiger partial charge >= 0.3 is 0 Å². The van der Waals surface area contributed by atoms with Crippen LogP contribution in [0, 0.1) is 0 Å². The number of benzene rings is 1. The van der Waals surface area contributed by atoms with Gasteiger partial charge in [-0.1, -0.05) is 37.8 Å². The molecule has 1 aromatic rings. The van der Waals surface area contributed by atoms with Gasteiger partial charge in [0.25, 0.3) is 0 Å². The molecule has 4 heteroatoms. The molecule has 0 aromatic heterocycles. The maximum atomic E-state index is 10.7. The zero-order valence-electron chi connectivity index (χ0n) is 7.32. The van der Waals surface area contributed by atoms with Crippen molar-refractivity contribution in [3.8, 4) is 0 Å². The molecule has 0 fully saturated rings. The number of hydrogen-bond donors (Lipinski definition) is 1. The number of Topliss-reactive ketones (excluding diaryl/α,β-unsaturated/α-hetero) is 1. The van der Waals surface area contributed by atoms with E-state index in [9.17, 15) is 14.7 Å². The highest BCUT2D eigenvalue weighted by atomic mass is 16.4. The third kappa shape index (κ3) is 4.37. The van der Waals surface area contributed by atoms with Crippen molar-refractivity contribution >= 4 is 11.8 Å². The largest absolute Gasteiger partial charge is 0.541 e. The van der Waals surface area contributed by atoms with Gasteiger partial charge in [-0.2, -0.15) is 0 Å². The van der Waals surface area contributed by atoms with Crippen molar-refractivity contribution in [2.75, 3.05) is 7.05 Å². The molecule has 0 spiro atoms. The summed E-state index contributed by atoms with van der Waals surface area (Å²) in [7, 11) is 1.75. The maximum Gasteiger partial charge on any atom is 0.208 e. The Balaban J connectivity index is 0. The lowest BCUT2D eigenvalue weighted by Gasteiger charge is -1.98. The number of aliphatic carboxylic acids is 1. The van der Waals surface area contributed by atoms with E-state index in [2.05, 4.69) is 5.73 Å². The van der Waals surface area contributed by atoms with E-state index in [1.54, 1.807) is 25.2 Å². The lowest BCUT2D eigenvalue weighted by molar-refractivity contribution is -0.325. The average molecular weight is 197 g/mol. The third-order valence-electron chi connectivity index (χ3n) is 1.22. The molecule has 78 valence electrons. The Morgan fingerprint density at radius 1 is 1.14 bits per heavy atom. The quantitative estimate of drug-likeness (QED) is 0.493. The minimum atomic E-state index is -1.67. The van der Waals surface area contributed by atoms with Gasteiger partial charge in [-0.25, -0.2) is 0 Å². The number of quaternary nitrogens is 1. The van der Waals surface area contributed by atoms with Crippen LogP contribution in [0.4, 0.5) is 0 Å². The lowest BCUT2D eigenvalue weighted by atomic mass is 10.1. The Bertz CT molecular complexity index is 283. The summed E-state index contributed by atoms with van der Waals surface area (Å²) in [5, 5.41) is 10.0. The van der Waals surface area contributed by atoms with Gasteiger partial charge in [-0.15, -0.1) is 0 Å². The zero-order valence-corrected chi connectivity index (χ0v) is 7.32. The topological polar surface area (TPSA) is 84.8 Å². The molecule has 4 nitrogen and oxygen atoms in total. The summed E-state index contributed by atoms with van der Waals surface area (Å²) in [6.07, 6.45) is 0. The highest BCUT2D eigenvalue weighted by Gasteiger charge is 2.03. The number of ketones is 1. The zero-order chi connectivity index (χ0) is 10.3. The molecule has 0 saturated heterocycles. The van der Waals surface area contributed by atoms with E-state index in [1.165, 1.54) is 12.1 Å². The fourth-order valence-corrected chi connectivity index (χ4v) is 0.707. The van der Waals surface area contributed by atoms with E-state index in [1.807, 2.05) is 0 Å². The molecule has 0 aliphatic carbocycles. The number of carbonyl (C=O) groups excluding carboxylic acids is 2. The number of rotatable bonds is 2. The Morgan fingerprint density at radius 3 is 1.93 bits per heavy atom. The van der Waals surface area contributed by atoms with Crippen LogP contribution < -0.4 is 10.8 Å². The third-order valence-corrected chi connectivity index (χ3v) is 1.22. The van der Waals surface area contributed by atoms with Crippen LogP contribution in [0.2, 0.25) is 0 Å². The summed E-state index contributed by atoms with van der Waals surface area (Å²) in [5.41, 5.74) is 3.40. The minimum absolute atomic E-state index is 0. The van der Waals surface area contributed by atoms with Crippen molar-refractivity contribution in [3.05, 3.63) is 35.9 Å². The molecule has 1 aromatic carbocycles. The monoisotopic (exact) mass is 197 g/mol. The van der Waals surface area contributed by atoms with Gasteiger partial charge < -0.3 is 15.6 Å². The number of hydrogen-bond acceptors (Lipinski definition) is 3. The van der Waals surface area contributed by atoms with Crippen LogP contribution in [0.3, 0.4) is 0 Å². The fraction of sp³-hybridized carbons (Fsp3) is 0.200. The molecule has 0 aliphatic rings. The molecule has 0 heterocycles. The van der Waals surface area contributed by atoms with Crippen molar-refractivity contribution in [2.45, 2.75) is 7.43 Å². The van der Waals surface area contributed by atoms with Crippen LogP contribution in [-0.4, -0.2) is 18.8 Å². The molecule has 0 unspecified atom stereocenters. The lowest BCUT2D eigenvalue weighted by Crippen LogP contribution is -2.40. The molecule has 14 heavy (non-hydrogen) atoms. The van der Waals surface area contributed by atoms with Gasteiger partial charge in [0.05, 0.1) is 7.05 Å². The Hall–Kier alpha value is -1.68. The molecular formula is C10H15NO3. The van der Waals surface area contributed by atoms with Crippen molar-refractivity contribution in [1.82, 2.24) is 0 Å². The molecule has 0 aliphatic heterocycles. The molecule has 0 saturated carbocycles. The Kier molecular flexibility index (Phi) is 8.41. The normalized spacial score (nSPS) is 7.57. The van der Waals surface area contributed by atoms with E-state index in [-0.39, 0.29) is 13.0 Å². The first-order valence-corrected chi connectivity index (χ1v) is 3.73. The van der Waals surface area contributed by atoms with Crippen molar-refractivity contribution < 1.29 is 20.4 Å². The summed E-state index contributed by atoms with van der Waals surface area (Å²) in [6, 6.07) is 7.74. The van der Waals surface area contributed by atoms with E-state index >= 15 is 0 Å². The van der Waals surface area contributed by atoms with E-state index in [0.717, 1.165) is 0 Å². The van der Waals surface area contributed by atoms with Crippen molar-refractivity contribution in [2.24, 2.45) is 0 Å². The SMILES string of the molecule is C.C[NH3+].O=C([O-])C(=O)c1ccccc1. The van der Waals surface area contributed by atoms with Gasteiger partial charge in [0.15, 0.2) is 0 Å². The molecule has 0 radical (unpaired) electrons. The number of carbonyl (C=O) groups is 2. The van der Waals surface area contributed by atoms with Gasteiger partial charge in [0.2, 0.25) is 5.78 Å². The molecule has 0 bridgehead atoms. The molecule has 1 rings (SSSR count). The maximum absolute atomic E-state index is 10.7. The van der Waals surface area contributed by atoms with Gasteiger partial charge in [-0.3, -0.25) is 4.79 Å². The smallest absolute Gasteiger partial charge is 0.208 e. The van der Waals surface area contributed by atoms with Crippen LogP contribution >= 0.6 is 0 Å². The predicted octanol–water partition coefficient (Wildman–Crippen LogP) is -0.887. The summed E-state index contributed by atoms with van der Waals surface area (Å²) in [5.74, 6) is -2.65. The standard InChI is InChI=1S/C8H6O3.CH5N.CH4/c9-7(8(10)11)6-4-2-1-3-5-6;1-2;/h1-5H,(H,10,11);2H2,1H3;1H4. The van der Waals surface area contributed by atoms with Crippen LogP contribution in [0.25, 0.3) is 0 Å². The Morgan fingerprint density at radius 2 is 1.57 bits per heavy atom. The first-order chi connectivity index (χ1) is 6.22. The van der Waals surface area contributed by atoms with Crippen molar-refractivity contribution in [1.29, 1.82) is 0 Å². The van der Waals surface area contributed by atoms with E-state index < -0.39 is 11.8 Å². The van der Waals surface area contributed by atoms with E-state index in [0.29, 0.717) is 0 Å². The van der Waals surface area contributed by atoms with Gasteiger partial charge in [0.1, 0.15) is 5.97 Å². The second-order valence-corrected chi connectivity index (χ2v) is 1.98. The van der Waals surface area contributed by atoms with E-state index in [4.69, 9.17) is 0 Å². The first kappa shape index (κ1) is 14.8. The number of carboxylic acid groups (broad SMARTS) is 1. The van der Waals surface area contributed by atoms with Crippen LogP contribution in [0.5, 0.6) is 0 Å². The van der Waals surface area contributed by atoms with Crippen LogP contribution in [0.1, 0.15) is 17.8 Å². The summed E-state index contributed by atoms with van der Waals surface area (Å²) in [4.78, 5) is 20.7. The summed E-state index contributed by atoms with van der Waals surface area (Å²) in [6.45, 7) is 0. The summed E-state index contributed by atoms with van der Waals surface area (Å²) < 4.78 is 0. The molecular weight excluding hydrogens is 182 g/mol. The van der Waals surface area contributed by atoms with Gasteiger partial charge in [0, 0.05) is 5.56 Å². The predicted molar refractivity (Wildman–Crippen MR) is 51.3 cm³/mol. The first-order valence-electron chi connectivity index (χ1n) is 3.73. The molecule has 0 amide bonds. The average Bonchev–Trinajstić information content (AvgIpc) is 2.21. The summed E-state index contributed by atoms with van der Waals surface area (Å²) >= 11 is 0. The van der Waals surface area contributed by atoms with Crippen LogP contribution in [0.15, 0.2) is 30.3 Å². The second-order valence-electron chi connectivity index (χ2n) is 1.98. The van der Waals surface area contributed by atoms with Crippen molar-refractivity contribution in [3.63, 3.8) is 0 Å². The highest BCUT2D eigenvalue weighted by Crippen LogP contribution is 1.98. The van der Waals surface area contributed by atoms with Crippen LogP contribution in [-0.2, 0) is 4.79 Å². The molecule has 0 atom stereocenters. The highest BCUT2D eigenvalue weighted by molar-refractivity contribution is 6.38. The molecule has 3 N–H and O–H groups in total. The van der Waals surface area contributed by atoms with Gasteiger partial charge in [-0.05, 0) is 0 Å². The second kappa shape index (κ2) is 7.94. The fourth-order valence-electron chi connectivity index (χ4n) is 0.707. The minimum Gasteiger partial charge on any atom is -0.541 e. The number of carboxylic acids is 1. The Labute approximate surface area is 83.4 Å².